The third kappa shape index (κ3) is 4.87. The Morgan fingerprint density at radius 1 is 1.53 bits per heavy atom. The van der Waals surface area contributed by atoms with Crippen LogP contribution in [0.5, 0.6) is 0 Å². The van der Waals surface area contributed by atoms with Crippen molar-refractivity contribution in [3.8, 4) is 0 Å². The molecular formula is C11H16N4O2. The van der Waals surface area contributed by atoms with Crippen molar-refractivity contribution >= 4 is 17.6 Å². The fourth-order valence-corrected chi connectivity index (χ4v) is 1.25. The molecular weight excluding hydrogens is 220 g/mol. The number of hydrogen-bond acceptors (Lipinski definition) is 3. The Kier molecular flexibility index (Phi) is 4.80. The number of rotatable bonds is 4. The number of oxime groups is 1. The predicted molar refractivity (Wildman–Crippen MR) is 66.2 cm³/mol. The van der Waals surface area contributed by atoms with Gasteiger partial charge in [-0.05, 0) is 24.6 Å². The number of hydrogen-bond donors (Lipinski definition) is 4. The molecule has 0 unspecified atom stereocenters. The Morgan fingerprint density at radius 3 is 2.94 bits per heavy atom. The van der Waals surface area contributed by atoms with Crippen LogP contribution in [0.1, 0.15) is 12.0 Å². The highest BCUT2D eigenvalue weighted by Gasteiger charge is 2.01. The van der Waals surface area contributed by atoms with Crippen molar-refractivity contribution < 1.29 is 10.0 Å². The van der Waals surface area contributed by atoms with Gasteiger partial charge in [-0.2, -0.15) is 0 Å². The monoisotopic (exact) mass is 236 g/mol. The Morgan fingerprint density at radius 2 is 2.29 bits per heavy atom. The van der Waals surface area contributed by atoms with Crippen molar-refractivity contribution in [2.45, 2.75) is 13.3 Å². The van der Waals surface area contributed by atoms with Gasteiger partial charge in [0.25, 0.3) is 0 Å². The lowest BCUT2D eigenvalue weighted by Crippen LogP contribution is -2.31. The minimum atomic E-state index is -0.318. The molecule has 1 aromatic rings. The van der Waals surface area contributed by atoms with E-state index in [0.717, 1.165) is 11.3 Å². The predicted octanol–water partition coefficient (Wildman–Crippen LogP) is 1.25. The summed E-state index contributed by atoms with van der Waals surface area (Å²) in [4.78, 5) is 11.4. The number of carbonyl (C=O) groups is 1. The molecule has 1 aromatic carbocycles. The van der Waals surface area contributed by atoms with Crippen LogP contribution in [0.2, 0.25) is 0 Å². The van der Waals surface area contributed by atoms with Crippen LogP contribution in [0.25, 0.3) is 0 Å². The summed E-state index contributed by atoms with van der Waals surface area (Å²) < 4.78 is 0. The maximum Gasteiger partial charge on any atom is 0.319 e. The summed E-state index contributed by atoms with van der Waals surface area (Å²) in [6, 6.07) is 7.16. The molecule has 0 saturated carbocycles. The number of nitrogens with zero attached hydrogens (tertiary/aromatic N) is 1. The third-order valence-electron chi connectivity index (χ3n) is 2.07. The van der Waals surface area contributed by atoms with Crippen molar-refractivity contribution in [3.63, 3.8) is 0 Å². The van der Waals surface area contributed by atoms with Crippen molar-refractivity contribution in [2.75, 3.05) is 11.9 Å². The van der Waals surface area contributed by atoms with E-state index in [0.29, 0.717) is 13.0 Å². The average molecular weight is 236 g/mol. The van der Waals surface area contributed by atoms with Crippen molar-refractivity contribution in [1.82, 2.24) is 5.32 Å². The highest BCUT2D eigenvalue weighted by atomic mass is 16.4. The quantitative estimate of drug-likeness (QED) is 0.274. The lowest BCUT2D eigenvalue weighted by Gasteiger charge is -2.07. The van der Waals surface area contributed by atoms with Gasteiger partial charge >= 0.3 is 6.03 Å². The van der Waals surface area contributed by atoms with E-state index < -0.39 is 0 Å². The van der Waals surface area contributed by atoms with Gasteiger partial charge in [-0.1, -0.05) is 17.3 Å². The van der Waals surface area contributed by atoms with Crippen molar-refractivity contribution in [2.24, 2.45) is 10.9 Å². The van der Waals surface area contributed by atoms with Gasteiger partial charge in [-0.15, -0.1) is 0 Å². The number of benzene rings is 1. The smallest absolute Gasteiger partial charge is 0.319 e. The fraction of sp³-hybridized carbons (Fsp3) is 0.273. The van der Waals surface area contributed by atoms with Gasteiger partial charge in [0.05, 0.1) is 0 Å². The lowest BCUT2D eigenvalue weighted by molar-refractivity contribution is 0.252. The van der Waals surface area contributed by atoms with E-state index in [1.54, 1.807) is 6.07 Å². The highest BCUT2D eigenvalue weighted by molar-refractivity contribution is 5.89. The molecule has 0 saturated heterocycles. The van der Waals surface area contributed by atoms with E-state index in [9.17, 15) is 4.79 Å². The maximum atomic E-state index is 11.4. The summed E-state index contributed by atoms with van der Waals surface area (Å²) in [5.74, 6) is 0.0841. The van der Waals surface area contributed by atoms with E-state index in [4.69, 9.17) is 10.9 Å². The van der Waals surface area contributed by atoms with E-state index >= 15 is 0 Å². The number of anilines is 1. The SMILES string of the molecule is Cc1cccc(NC(=O)NCC/C(N)=N/O)c1. The van der Waals surface area contributed by atoms with Gasteiger partial charge in [0.15, 0.2) is 0 Å². The molecule has 0 aliphatic heterocycles. The van der Waals surface area contributed by atoms with Crippen LogP contribution >= 0.6 is 0 Å². The molecule has 6 nitrogen and oxygen atoms in total. The number of amidine groups is 1. The zero-order valence-electron chi connectivity index (χ0n) is 9.60. The summed E-state index contributed by atoms with van der Waals surface area (Å²) in [6.07, 6.45) is 0.303. The molecule has 0 atom stereocenters. The molecule has 0 fully saturated rings. The van der Waals surface area contributed by atoms with Crippen LogP contribution in [0.3, 0.4) is 0 Å². The maximum absolute atomic E-state index is 11.4. The van der Waals surface area contributed by atoms with Crippen LogP contribution in [0.15, 0.2) is 29.4 Å². The van der Waals surface area contributed by atoms with Crippen LogP contribution in [-0.2, 0) is 0 Å². The summed E-state index contributed by atoms with van der Waals surface area (Å²) in [5, 5.41) is 16.4. The Balaban J connectivity index is 2.35. The second-order valence-electron chi connectivity index (χ2n) is 3.59. The summed E-state index contributed by atoms with van der Waals surface area (Å²) in [7, 11) is 0. The number of nitrogens with two attached hydrogens (primary N) is 1. The molecule has 17 heavy (non-hydrogen) atoms. The molecule has 0 bridgehead atoms. The van der Waals surface area contributed by atoms with Gasteiger partial charge in [0.2, 0.25) is 0 Å². The van der Waals surface area contributed by atoms with Crippen LogP contribution in [0, 0.1) is 6.92 Å². The molecule has 6 heteroatoms. The van der Waals surface area contributed by atoms with E-state index in [2.05, 4.69) is 15.8 Å². The molecule has 92 valence electrons. The van der Waals surface area contributed by atoms with Crippen LogP contribution < -0.4 is 16.4 Å². The molecule has 0 aliphatic rings. The molecule has 0 aliphatic carbocycles. The van der Waals surface area contributed by atoms with Gasteiger partial charge < -0.3 is 21.6 Å². The van der Waals surface area contributed by atoms with E-state index in [-0.39, 0.29) is 11.9 Å². The molecule has 0 heterocycles. The largest absolute Gasteiger partial charge is 0.409 e. The molecule has 0 spiro atoms. The topological polar surface area (TPSA) is 99.7 Å². The zero-order valence-corrected chi connectivity index (χ0v) is 9.60. The molecule has 5 N–H and O–H groups in total. The van der Waals surface area contributed by atoms with Crippen LogP contribution in [0.4, 0.5) is 10.5 Å². The normalized spacial score (nSPS) is 11.0. The number of nitrogens with one attached hydrogen (secondary N) is 2. The Hall–Kier alpha value is -2.24. The number of amides is 2. The third-order valence-corrected chi connectivity index (χ3v) is 2.07. The van der Waals surface area contributed by atoms with Gasteiger partial charge in [-0.25, -0.2) is 4.79 Å². The lowest BCUT2D eigenvalue weighted by atomic mass is 10.2. The van der Waals surface area contributed by atoms with E-state index in [1.165, 1.54) is 0 Å². The first-order valence-electron chi connectivity index (χ1n) is 5.19. The first-order valence-corrected chi connectivity index (χ1v) is 5.19. The first kappa shape index (κ1) is 12.8. The Labute approximate surface area is 99.5 Å². The second kappa shape index (κ2) is 6.37. The summed E-state index contributed by atoms with van der Waals surface area (Å²) in [6.45, 7) is 2.26. The number of aryl methyl sites for hydroxylation is 1. The van der Waals surface area contributed by atoms with E-state index in [1.807, 2.05) is 25.1 Å². The second-order valence-corrected chi connectivity index (χ2v) is 3.59. The minimum Gasteiger partial charge on any atom is -0.409 e. The van der Waals surface area contributed by atoms with Gasteiger partial charge in [-0.3, -0.25) is 0 Å². The molecule has 0 radical (unpaired) electrons. The first-order chi connectivity index (χ1) is 8.11. The number of urea groups is 1. The van der Waals surface area contributed by atoms with Crippen molar-refractivity contribution in [3.05, 3.63) is 29.8 Å². The highest BCUT2D eigenvalue weighted by Crippen LogP contribution is 2.08. The summed E-state index contributed by atoms with van der Waals surface area (Å²) in [5.41, 5.74) is 7.06. The Bertz CT molecular complexity index is 418. The number of carbonyl (C=O) groups excluding carboxylic acids is 1. The van der Waals surface area contributed by atoms with Crippen LogP contribution in [-0.4, -0.2) is 23.6 Å². The van der Waals surface area contributed by atoms with Crippen molar-refractivity contribution in [1.29, 1.82) is 0 Å². The molecule has 1 rings (SSSR count). The summed E-state index contributed by atoms with van der Waals surface area (Å²) >= 11 is 0. The standard InChI is InChI=1S/C11H16N4O2/c1-8-3-2-4-9(7-8)14-11(16)13-6-5-10(12)15-17/h2-4,7,17H,5-6H2,1H3,(H2,12,15)(H2,13,14,16). The fourth-order valence-electron chi connectivity index (χ4n) is 1.25. The minimum absolute atomic E-state index is 0.0841. The molecule has 0 aromatic heterocycles. The van der Waals surface area contributed by atoms with Gasteiger partial charge in [0.1, 0.15) is 5.84 Å². The van der Waals surface area contributed by atoms with Gasteiger partial charge in [0, 0.05) is 18.7 Å². The molecule has 2 amide bonds. The zero-order chi connectivity index (χ0) is 12.7. The average Bonchev–Trinajstić information content (AvgIpc) is 2.28.